The first-order chi connectivity index (χ1) is 9.16. The van der Waals surface area contributed by atoms with Crippen LogP contribution in [-0.4, -0.2) is 66.1 Å². The number of rotatable bonds is 3. The molecule has 0 saturated carbocycles. The fraction of sp³-hybridized carbons (Fsp3) is 0.846. The summed E-state index contributed by atoms with van der Waals surface area (Å²) in [6, 6.07) is 0. The van der Waals surface area contributed by atoms with Crippen LogP contribution < -0.4 is 5.73 Å². The highest BCUT2D eigenvalue weighted by Gasteiger charge is 2.25. The third-order valence-electron chi connectivity index (χ3n) is 3.79. The minimum Gasteiger partial charge on any atom is -0.391 e. The summed E-state index contributed by atoms with van der Waals surface area (Å²) in [5, 5.41) is 0. The van der Waals surface area contributed by atoms with Crippen molar-refractivity contribution in [2.75, 3.05) is 39.3 Å². The van der Waals surface area contributed by atoms with Gasteiger partial charge in [-0.1, -0.05) is 25.1 Å². The molecule has 2 N–H and O–H groups in total. The molecule has 2 aliphatic rings. The molecule has 2 fully saturated rings. The van der Waals surface area contributed by atoms with E-state index in [0.717, 1.165) is 32.5 Å². The highest BCUT2D eigenvalue weighted by molar-refractivity contribution is 7.80. The zero-order valence-electron chi connectivity index (χ0n) is 11.3. The Hall–Kier alpha value is -0.720. The van der Waals surface area contributed by atoms with Crippen LogP contribution in [0.5, 0.6) is 0 Å². The SMILES string of the molecule is NC(=S)C1CN(CC(=O)N2CCCCCC2)CCO1. The standard InChI is InChI=1S/C13H23N3O2S/c14-13(19)11-9-15(7-8-18-11)10-12(17)16-5-3-1-2-4-6-16/h11H,1-10H2,(H2,14,19). The van der Waals surface area contributed by atoms with E-state index in [-0.39, 0.29) is 12.0 Å². The predicted octanol–water partition coefficient (Wildman–Crippen LogP) is 0.376. The molecule has 1 atom stereocenters. The van der Waals surface area contributed by atoms with E-state index in [0.29, 0.717) is 24.7 Å². The number of amides is 1. The van der Waals surface area contributed by atoms with Crippen molar-refractivity contribution in [2.24, 2.45) is 5.73 Å². The molecule has 1 amide bonds. The van der Waals surface area contributed by atoms with Gasteiger partial charge in [0.2, 0.25) is 5.91 Å². The minimum absolute atomic E-state index is 0.208. The van der Waals surface area contributed by atoms with E-state index in [1.165, 1.54) is 12.8 Å². The molecule has 2 aliphatic heterocycles. The lowest BCUT2D eigenvalue weighted by molar-refractivity contribution is -0.133. The predicted molar refractivity (Wildman–Crippen MR) is 78.0 cm³/mol. The summed E-state index contributed by atoms with van der Waals surface area (Å²) in [7, 11) is 0. The second-order valence-corrected chi connectivity index (χ2v) is 5.76. The first-order valence-electron chi connectivity index (χ1n) is 7.08. The first-order valence-corrected chi connectivity index (χ1v) is 7.48. The zero-order chi connectivity index (χ0) is 13.7. The number of thiocarbonyl (C=S) groups is 1. The molecule has 0 radical (unpaired) electrons. The Balaban J connectivity index is 1.82. The molecule has 0 bridgehead atoms. The van der Waals surface area contributed by atoms with Gasteiger partial charge in [-0.3, -0.25) is 9.69 Å². The summed E-state index contributed by atoms with van der Waals surface area (Å²) in [6.07, 6.45) is 4.53. The Morgan fingerprint density at radius 2 is 1.89 bits per heavy atom. The number of nitrogens with two attached hydrogens (primary N) is 1. The largest absolute Gasteiger partial charge is 0.391 e. The monoisotopic (exact) mass is 285 g/mol. The number of hydrogen-bond donors (Lipinski definition) is 1. The van der Waals surface area contributed by atoms with Crippen LogP contribution in [0.2, 0.25) is 0 Å². The number of ether oxygens (including phenoxy) is 1. The molecule has 6 heteroatoms. The van der Waals surface area contributed by atoms with Crippen LogP contribution >= 0.6 is 12.2 Å². The van der Waals surface area contributed by atoms with E-state index < -0.39 is 0 Å². The topological polar surface area (TPSA) is 58.8 Å². The molecule has 2 rings (SSSR count). The molecular formula is C13H23N3O2S. The van der Waals surface area contributed by atoms with Crippen LogP contribution in [0.15, 0.2) is 0 Å². The van der Waals surface area contributed by atoms with Crippen LogP contribution in [0.25, 0.3) is 0 Å². The van der Waals surface area contributed by atoms with Gasteiger partial charge >= 0.3 is 0 Å². The van der Waals surface area contributed by atoms with Gasteiger partial charge in [-0.15, -0.1) is 0 Å². The molecular weight excluding hydrogens is 262 g/mol. The van der Waals surface area contributed by atoms with E-state index >= 15 is 0 Å². The van der Waals surface area contributed by atoms with Crippen molar-refractivity contribution in [3.8, 4) is 0 Å². The quantitative estimate of drug-likeness (QED) is 0.760. The van der Waals surface area contributed by atoms with Gasteiger partial charge < -0.3 is 15.4 Å². The third kappa shape index (κ3) is 4.40. The molecule has 1 unspecified atom stereocenters. The van der Waals surface area contributed by atoms with Crippen molar-refractivity contribution in [2.45, 2.75) is 31.8 Å². The van der Waals surface area contributed by atoms with Gasteiger partial charge in [0.15, 0.2) is 0 Å². The summed E-state index contributed by atoms with van der Waals surface area (Å²) in [5.41, 5.74) is 5.61. The average Bonchev–Trinajstić information content (AvgIpc) is 2.68. The maximum atomic E-state index is 12.3. The molecule has 0 aromatic rings. The summed E-state index contributed by atoms with van der Waals surface area (Å²) in [6.45, 7) is 4.27. The van der Waals surface area contributed by atoms with Crippen molar-refractivity contribution >= 4 is 23.1 Å². The number of carbonyl (C=O) groups excluding carboxylic acids is 1. The summed E-state index contributed by atoms with van der Waals surface area (Å²) in [5.74, 6) is 0.227. The maximum Gasteiger partial charge on any atom is 0.236 e. The lowest BCUT2D eigenvalue weighted by atomic mass is 10.2. The molecule has 5 nitrogen and oxygen atoms in total. The third-order valence-corrected chi connectivity index (χ3v) is 4.05. The van der Waals surface area contributed by atoms with E-state index in [2.05, 4.69) is 4.90 Å². The van der Waals surface area contributed by atoms with E-state index in [1.54, 1.807) is 0 Å². The lowest BCUT2D eigenvalue weighted by Gasteiger charge is -2.33. The second-order valence-electron chi connectivity index (χ2n) is 5.29. The molecule has 2 saturated heterocycles. The van der Waals surface area contributed by atoms with Crippen molar-refractivity contribution in [3.05, 3.63) is 0 Å². The Morgan fingerprint density at radius 1 is 1.21 bits per heavy atom. The van der Waals surface area contributed by atoms with E-state index in [9.17, 15) is 4.79 Å². The van der Waals surface area contributed by atoms with Crippen LogP contribution in [0.1, 0.15) is 25.7 Å². The second kappa shape index (κ2) is 7.17. The van der Waals surface area contributed by atoms with Crippen molar-refractivity contribution in [1.82, 2.24) is 9.80 Å². The Bertz CT molecular complexity index is 330. The van der Waals surface area contributed by atoms with Gasteiger partial charge in [-0.2, -0.15) is 0 Å². The highest BCUT2D eigenvalue weighted by atomic mass is 32.1. The number of hydrogen-bond acceptors (Lipinski definition) is 4. The lowest BCUT2D eigenvalue weighted by Crippen LogP contribution is -2.51. The van der Waals surface area contributed by atoms with Crippen molar-refractivity contribution in [1.29, 1.82) is 0 Å². The number of carbonyl (C=O) groups is 1. The number of nitrogens with zero attached hydrogens (tertiary/aromatic N) is 2. The fourth-order valence-corrected chi connectivity index (χ4v) is 2.77. The smallest absolute Gasteiger partial charge is 0.236 e. The zero-order valence-corrected chi connectivity index (χ0v) is 12.2. The Labute approximate surface area is 120 Å². The normalized spacial score (nSPS) is 25.9. The molecule has 0 aromatic heterocycles. The van der Waals surface area contributed by atoms with Gasteiger partial charge in [-0.05, 0) is 12.8 Å². The van der Waals surface area contributed by atoms with E-state index in [4.69, 9.17) is 22.7 Å². The van der Waals surface area contributed by atoms with E-state index in [1.807, 2.05) is 4.90 Å². The molecule has 0 aromatic carbocycles. The summed E-state index contributed by atoms with van der Waals surface area (Å²) < 4.78 is 5.48. The van der Waals surface area contributed by atoms with Gasteiger partial charge in [0.25, 0.3) is 0 Å². The van der Waals surface area contributed by atoms with Crippen LogP contribution in [0.4, 0.5) is 0 Å². The van der Waals surface area contributed by atoms with Crippen LogP contribution in [-0.2, 0) is 9.53 Å². The molecule has 0 spiro atoms. The van der Waals surface area contributed by atoms with Crippen molar-refractivity contribution < 1.29 is 9.53 Å². The molecule has 0 aliphatic carbocycles. The highest BCUT2D eigenvalue weighted by Crippen LogP contribution is 2.11. The summed E-state index contributed by atoms with van der Waals surface area (Å²) >= 11 is 4.96. The van der Waals surface area contributed by atoms with Crippen LogP contribution in [0.3, 0.4) is 0 Å². The van der Waals surface area contributed by atoms with Gasteiger partial charge in [0.05, 0.1) is 13.2 Å². The summed E-state index contributed by atoms with van der Waals surface area (Å²) in [4.78, 5) is 16.8. The van der Waals surface area contributed by atoms with Gasteiger partial charge in [0.1, 0.15) is 11.1 Å². The fourth-order valence-electron chi connectivity index (χ4n) is 2.63. The van der Waals surface area contributed by atoms with Crippen LogP contribution in [0, 0.1) is 0 Å². The first kappa shape index (κ1) is 14.7. The van der Waals surface area contributed by atoms with Gasteiger partial charge in [0, 0.05) is 26.2 Å². The Kier molecular flexibility index (Phi) is 5.54. The van der Waals surface area contributed by atoms with Crippen molar-refractivity contribution in [3.63, 3.8) is 0 Å². The number of morpholine rings is 1. The number of likely N-dealkylation sites (tertiary alicyclic amines) is 1. The average molecular weight is 285 g/mol. The Morgan fingerprint density at radius 3 is 2.53 bits per heavy atom. The molecule has 108 valence electrons. The maximum absolute atomic E-state index is 12.3. The van der Waals surface area contributed by atoms with Gasteiger partial charge in [-0.25, -0.2) is 0 Å². The minimum atomic E-state index is -0.208. The molecule has 19 heavy (non-hydrogen) atoms. The molecule has 2 heterocycles.